The molecule has 3 aromatic rings. The van der Waals surface area contributed by atoms with E-state index in [0.717, 1.165) is 36.5 Å². The summed E-state index contributed by atoms with van der Waals surface area (Å²) in [6.07, 6.45) is 16.8. The monoisotopic (exact) mass is 1080 g/mol. The second kappa shape index (κ2) is 27.0. The van der Waals surface area contributed by atoms with Crippen molar-refractivity contribution in [1.29, 1.82) is 0 Å². The molecule has 0 radical (unpaired) electrons. The molecule has 0 aliphatic heterocycles. The summed E-state index contributed by atoms with van der Waals surface area (Å²) in [5, 5.41) is 16.0. The average molecular weight is 1080 g/mol. The van der Waals surface area contributed by atoms with Gasteiger partial charge in [0, 0.05) is 31.3 Å². The Kier molecular flexibility index (Phi) is 23.7. The third-order valence-electron chi connectivity index (χ3n) is 9.96. The van der Waals surface area contributed by atoms with Crippen molar-refractivity contribution in [3.63, 3.8) is 0 Å². The molecule has 3 fully saturated rings. The van der Waals surface area contributed by atoms with E-state index < -0.39 is 40.8 Å². The van der Waals surface area contributed by atoms with Crippen LogP contribution in [0.3, 0.4) is 0 Å². The van der Waals surface area contributed by atoms with Gasteiger partial charge in [0.25, 0.3) is 0 Å². The van der Waals surface area contributed by atoms with Crippen molar-refractivity contribution in [2.24, 2.45) is 23.5 Å². The van der Waals surface area contributed by atoms with Gasteiger partial charge in [-0.3, -0.25) is 0 Å². The number of carbonyl (C=O) groups is 2. The topological polar surface area (TPSA) is 141 Å². The fourth-order valence-electron chi connectivity index (χ4n) is 6.66. The first-order valence-corrected chi connectivity index (χ1v) is 23.1. The Morgan fingerprint density at radius 2 is 1.03 bits per heavy atom. The molecule has 6 rings (SSSR count). The number of hydrogen-bond acceptors (Lipinski definition) is 8. The molecule has 10 nitrogen and oxygen atoms in total. The first-order chi connectivity index (χ1) is 31.0. The van der Waals surface area contributed by atoms with Gasteiger partial charge in [0.1, 0.15) is 59.1 Å². The number of amides is 2. The Morgan fingerprint density at radius 1 is 0.687 bits per heavy atom. The molecule has 0 spiro atoms. The summed E-state index contributed by atoms with van der Waals surface area (Å²) in [7, 11) is 0. The quantitative estimate of drug-likeness (QED) is 0.104. The minimum absolute atomic E-state index is 0. The molecule has 366 valence electrons. The highest BCUT2D eigenvalue weighted by atomic mass is 79.9. The fraction of sp³-hybridized carbons (Fsp3) is 0.469. The van der Waals surface area contributed by atoms with Crippen LogP contribution < -0.4 is 25.8 Å². The normalized spacial score (nSPS) is 19.4. The molecule has 0 saturated heterocycles. The molecule has 3 aliphatic rings. The van der Waals surface area contributed by atoms with Crippen LogP contribution in [0, 0.1) is 72.2 Å². The number of phenols is 1. The zero-order chi connectivity index (χ0) is 49.5. The second-order valence-corrected chi connectivity index (χ2v) is 19.3. The largest absolute Gasteiger partial charge is 0.508 e. The van der Waals surface area contributed by atoms with Gasteiger partial charge in [-0.1, -0.05) is 68.5 Å². The fourth-order valence-corrected chi connectivity index (χ4v) is 7.18. The highest BCUT2D eigenvalue weighted by Crippen LogP contribution is 2.52. The number of terminal acetylenes is 3. The average Bonchev–Trinajstić information content (AvgIpc) is 4.14. The van der Waals surface area contributed by atoms with Crippen molar-refractivity contribution in [2.45, 2.75) is 89.8 Å². The number of aromatic hydroxyl groups is 1. The molecule has 3 saturated carbocycles. The SMILES string of the molecule is C#CCBr.C#CCOc1cc(F)c(Cl)cc1C1CC1CN.C#CCOc1cc(F)c(Cl)cc1C1CC1CNC(=O)OC(C)(C)C.CC(C)(C)OC(=O)NCC1CC1c1cc(Cl)c(F)cc1O.Cl. The molecule has 0 aromatic heterocycles. The van der Waals surface area contributed by atoms with Gasteiger partial charge in [-0.15, -0.1) is 31.7 Å². The van der Waals surface area contributed by atoms with Gasteiger partial charge in [0.2, 0.25) is 0 Å². The number of ether oxygens (including phenoxy) is 4. The molecule has 0 heterocycles. The number of rotatable bonds is 12. The molecule has 5 N–H and O–H groups in total. The van der Waals surface area contributed by atoms with Crippen molar-refractivity contribution in [3.8, 4) is 54.3 Å². The van der Waals surface area contributed by atoms with Crippen molar-refractivity contribution in [3.05, 3.63) is 85.6 Å². The molecule has 3 aliphatic carbocycles. The lowest BCUT2D eigenvalue weighted by Crippen LogP contribution is -2.33. The summed E-state index contributed by atoms with van der Waals surface area (Å²) in [4.78, 5) is 23.2. The van der Waals surface area contributed by atoms with Crippen LogP contribution in [0.1, 0.15) is 95.2 Å². The summed E-state index contributed by atoms with van der Waals surface area (Å²) in [6.45, 7) is 12.5. The third-order valence-corrected chi connectivity index (χ3v) is 11.2. The molecule has 18 heteroatoms. The van der Waals surface area contributed by atoms with E-state index in [0.29, 0.717) is 53.9 Å². The van der Waals surface area contributed by atoms with Crippen LogP contribution in [0.2, 0.25) is 15.1 Å². The second-order valence-electron chi connectivity index (χ2n) is 17.6. The minimum atomic E-state index is -0.637. The molecule has 6 unspecified atom stereocenters. The number of benzene rings is 3. The van der Waals surface area contributed by atoms with Gasteiger partial charge in [0.05, 0.1) is 20.4 Å². The van der Waals surface area contributed by atoms with E-state index in [1.54, 1.807) is 32.9 Å². The highest BCUT2D eigenvalue weighted by molar-refractivity contribution is 9.09. The number of nitrogens with two attached hydrogens (primary N) is 1. The lowest BCUT2D eigenvalue weighted by molar-refractivity contribution is 0.0513. The summed E-state index contributed by atoms with van der Waals surface area (Å²) >= 11 is 20.4. The maximum atomic E-state index is 13.6. The summed E-state index contributed by atoms with van der Waals surface area (Å²) in [5.41, 5.74) is 6.87. The van der Waals surface area contributed by atoms with E-state index in [4.69, 9.17) is 78.8 Å². The number of alkyl carbamates (subject to hydrolysis) is 2. The lowest BCUT2D eigenvalue weighted by Gasteiger charge is -2.19. The number of nitrogens with one attached hydrogen (secondary N) is 2. The molecule has 2 amide bonds. The van der Waals surface area contributed by atoms with Crippen LogP contribution >= 0.6 is 63.1 Å². The smallest absolute Gasteiger partial charge is 0.407 e. The number of alkyl halides is 1. The number of hydrogen-bond donors (Lipinski definition) is 4. The van der Waals surface area contributed by atoms with E-state index >= 15 is 0 Å². The van der Waals surface area contributed by atoms with Gasteiger partial charge in [-0.2, -0.15) is 0 Å². The summed E-state index contributed by atoms with van der Waals surface area (Å²) in [5.74, 6) is 7.57. The zero-order valence-electron chi connectivity index (χ0n) is 38.1. The standard InChI is InChI=1S/C18H21ClFNO3.C15H19ClFNO3.C13H13ClFNO.C3H3Br.ClH/c1-5-6-23-16-9-15(20)14(19)8-13(16)12-7-11(12)10-21-17(22)24-18(2,3)4;1-15(2,3)21-14(20)18-7-8-4-9(8)10-5-11(16)12(17)6-13(10)19;1-2-3-17-13-6-12(15)11(14)5-10(13)9-4-8(9)7-16;1-2-3-4;/h1,8-9,11-12H,6-7,10H2,2-4H3,(H,21,22);5-6,8-9,19H,4,7H2,1-3H3,(H,18,20);1,5-6,8-9H,3-4,7,16H2;1H,3H2;1H. The molecule has 0 bridgehead atoms. The van der Waals surface area contributed by atoms with Crippen LogP contribution in [-0.2, 0) is 9.47 Å². The first kappa shape index (κ1) is 58.8. The molecular formula is C49H57BrCl4F3N3O7. The van der Waals surface area contributed by atoms with Gasteiger partial charge in [-0.25, -0.2) is 22.8 Å². The van der Waals surface area contributed by atoms with E-state index in [1.807, 2.05) is 20.8 Å². The predicted molar refractivity (Wildman–Crippen MR) is 264 cm³/mol. The van der Waals surface area contributed by atoms with Crippen LogP contribution in [0.25, 0.3) is 0 Å². The highest BCUT2D eigenvalue weighted by Gasteiger charge is 2.42. The molecule has 67 heavy (non-hydrogen) atoms. The van der Waals surface area contributed by atoms with Gasteiger partial charge < -0.3 is 40.4 Å². The van der Waals surface area contributed by atoms with Gasteiger partial charge >= 0.3 is 12.2 Å². The van der Waals surface area contributed by atoms with Crippen molar-refractivity contribution >= 4 is 75.3 Å². The van der Waals surface area contributed by atoms with Crippen LogP contribution in [-0.4, -0.2) is 66.7 Å². The zero-order valence-corrected chi connectivity index (χ0v) is 42.7. The Morgan fingerprint density at radius 3 is 1.37 bits per heavy atom. The number of phenolic OH excluding ortho intramolecular Hbond substituents is 1. The first-order valence-electron chi connectivity index (χ1n) is 20.9. The number of carbonyl (C=O) groups excluding carboxylic acids is 2. The summed E-state index contributed by atoms with van der Waals surface area (Å²) in [6, 6.07) is 8.20. The summed E-state index contributed by atoms with van der Waals surface area (Å²) < 4.78 is 61.3. The number of halogens is 8. The van der Waals surface area contributed by atoms with Crippen LogP contribution in [0.15, 0.2) is 36.4 Å². The maximum Gasteiger partial charge on any atom is 0.407 e. The van der Waals surface area contributed by atoms with E-state index in [9.17, 15) is 27.9 Å². The van der Waals surface area contributed by atoms with Crippen molar-refractivity contribution in [2.75, 3.05) is 38.2 Å². The van der Waals surface area contributed by atoms with E-state index in [2.05, 4.69) is 44.3 Å². The van der Waals surface area contributed by atoms with Gasteiger partial charge in [-0.05, 0) is 138 Å². The molecule has 3 aromatic carbocycles. The minimum Gasteiger partial charge on any atom is -0.508 e. The Hall–Kier alpha value is -4.33. The van der Waals surface area contributed by atoms with E-state index in [-0.39, 0.29) is 70.1 Å². The Labute approximate surface area is 421 Å². The van der Waals surface area contributed by atoms with Crippen molar-refractivity contribution < 1.29 is 46.8 Å². The predicted octanol–water partition coefficient (Wildman–Crippen LogP) is 11.9. The van der Waals surface area contributed by atoms with Crippen molar-refractivity contribution in [1.82, 2.24) is 10.6 Å². The third kappa shape index (κ3) is 20.0. The van der Waals surface area contributed by atoms with Crippen LogP contribution in [0.4, 0.5) is 22.8 Å². The van der Waals surface area contributed by atoms with Crippen LogP contribution in [0.5, 0.6) is 17.2 Å². The van der Waals surface area contributed by atoms with E-state index in [1.165, 1.54) is 18.2 Å². The Bertz CT molecular complexity index is 2290. The maximum absolute atomic E-state index is 13.6. The molecule has 6 atom stereocenters. The van der Waals surface area contributed by atoms with Gasteiger partial charge in [0.15, 0.2) is 0 Å². The lowest BCUT2D eigenvalue weighted by atomic mass is 10.1. The Balaban J connectivity index is 0.000000333. The molecular weight excluding hydrogens is 1020 g/mol.